The summed E-state index contributed by atoms with van der Waals surface area (Å²) in [4.78, 5) is -1.78. The molecule has 34 heavy (non-hydrogen) atoms. The Morgan fingerprint density at radius 2 is 0.441 bits per heavy atom. The molecule has 0 spiro atoms. The van der Waals surface area contributed by atoms with Gasteiger partial charge in [0.1, 0.15) is 4.84 Å². The van der Waals surface area contributed by atoms with Gasteiger partial charge in [0.25, 0.3) is 0 Å². The lowest BCUT2D eigenvalue weighted by atomic mass is 10.0. The molecular weight excluding hydrogens is 948 g/mol. The van der Waals surface area contributed by atoms with Gasteiger partial charge in [0.2, 0.25) is 8.13 Å². The van der Waals surface area contributed by atoms with Crippen LogP contribution in [0.3, 0.4) is 0 Å². The zero-order valence-electron chi connectivity index (χ0n) is 14.3. The van der Waals surface area contributed by atoms with Gasteiger partial charge in [-0.05, 0) is 0 Å². The summed E-state index contributed by atoms with van der Waals surface area (Å²) < 4.78 is -30.2. The SMILES string of the molecule is ClC(Cl)C(Cl)(Cl)C(Cl)(Cl)C(Cl)(Cl)C(Cl)(Cl)C(Cl)(Cl)C(Cl)(Cl)C(Cl)(Cl)C(Cl)(Cl)C(Cl)(Cl)C(Cl)(Cl)Cl. The second-order valence-corrected chi connectivity index (χ2v) is 21.4. The van der Waals surface area contributed by atoms with Crippen molar-refractivity contribution in [2.45, 2.75) is 47.6 Å². The van der Waals surface area contributed by atoms with E-state index in [0.29, 0.717) is 0 Å². The van der Waals surface area contributed by atoms with Crippen molar-refractivity contribution >= 4 is 267 Å². The molecule has 0 bridgehead atoms. The molecule has 23 heteroatoms. The highest BCUT2D eigenvalue weighted by Crippen LogP contribution is 2.74. The first-order chi connectivity index (χ1) is 14.2. The molecule has 0 aromatic heterocycles. The molecule has 206 valence electrons. The smallest absolute Gasteiger partial charge is 0.102 e. The highest BCUT2D eigenvalue weighted by molar-refractivity contribution is 6.84. The summed E-state index contributed by atoms with van der Waals surface area (Å²) in [5.74, 6) is 0. The van der Waals surface area contributed by atoms with Gasteiger partial charge < -0.3 is 0 Å². The summed E-state index contributed by atoms with van der Waals surface area (Å²) in [7, 11) is 0. The Kier molecular flexibility index (Phi) is 14.6. The van der Waals surface area contributed by atoms with Gasteiger partial charge in [-0.2, -0.15) is 0 Å². The first kappa shape index (κ1) is 40.7. The van der Waals surface area contributed by atoms with Crippen LogP contribution in [0.2, 0.25) is 0 Å². The summed E-state index contributed by atoms with van der Waals surface area (Å²) in [6.45, 7) is 0. The Hall–Kier alpha value is 6.67. The van der Waals surface area contributed by atoms with Gasteiger partial charge in [-0.1, -0.05) is 244 Å². The average Bonchev–Trinajstić information content (AvgIpc) is 2.58. The van der Waals surface area contributed by atoms with Gasteiger partial charge in [0, 0.05) is 0 Å². The lowest BCUT2D eigenvalue weighted by Crippen LogP contribution is -2.73. The van der Waals surface area contributed by atoms with Crippen LogP contribution in [0.1, 0.15) is 0 Å². The van der Waals surface area contributed by atoms with E-state index in [1.54, 1.807) is 0 Å². The molecule has 0 amide bonds. The molecule has 0 aliphatic heterocycles. The highest BCUT2D eigenvalue weighted by atomic mass is 35.6. The van der Waals surface area contributed by atoms with Gasteiger partial charge >= 0.3 is 0 Å². The Labute approximate surface area is 309 Å². The molecule has 0 aliphatic carbocycles. The van der Waals surface area contributed by atoms with E-state index in [-0.39, 0.29) is 0 Å². The molecule has 0 atom stereocenters. The fraction of sp³-hybridized carbons (Fsp3) is 1.00. The zero-order chi connectivity index (χ0) is 28.6. The minimum absolute atomic E-state index is 1.78. The van der Waals surface area contributed by atoms with Crippen molar-refractivity contribution in [3.8, 4) is 0 Å². The van der Waals surface area contributed by atoms with E-state index in [1.807, 2.05) is 0 Å². The van der Waals surface area contributed by atoms with Crippen molar-refractivity contribution in [2.24, 2.45) is 0 Å². The summed E-state index contributed by atoms with van der Waals surface area (Å²) in [6.07, 6.45) is 0. The third kappa shape index (κ3) is 6.25. The molecule has 0 fully saturated rings. The van der Waals surface area contributed by atoms with E-state index < -0.39 is 47.6 Å². The molecule has 0 aromatic carbocycles. The quantitative estimate of drug-likeness (QED) is 0.202. The molecule has 0 heterocycles. The van der Waals surface area contributed by atoms with Gasteiger partial charge in [-0.3, -0.25) is 0 Å². The zero-order valence-corrected chi connectivity index (χ0v) is 31.7. The minimum Gasteiger partial charge on any atom is -0.102 e. The molecule has 0 saturated carbocycles. The highest BCUT2D eigenvalue weighted by Gasteiger charge is 2.83. The van der Waals surface area contributed by atoms with Crippen molar-refractivity contribution in [3.05, 3.63) is 0 Å². The summed E-state index contributed by atoms with van der Waals surface area (Å²) in [6, 6.07) is 0. The monoisotopic (exact) mass is 937 g/mol. The van der Waals surface area contributed by atoms with Crippen LogP contribution >= 0.6 is 267 Å². The number of hydrogen-bond donors (Lipinski definition) is 0. The van der Waals surface area contributed by atoms with Crippen molar-refractivity contribution in [3.63, 3.8) is 0 Å². The molecule has 0 saturated heterocycles. The molecule has 0 nitrogen and oxygen atoms in total. The van der Waals surface area contributed by atoms with E-state index in [2.05, 4.69) is 0 Å². The number of rotatable bonds is 9. The third-order valence-corrected chi connectivity index (χ3v) is 19.5. The Morgan fingerprint density at radius 3 is 0.618 bits per heavy atom. The maximum absolute atomic E-state index is 6.32. The van der Waals surface area contributed by atoms with E-state index >= 15 is 0 Å². The standard InChI is InChI=1S/C11HCl23/c12-1(13)2(14,15)3(16,17)4(18,19)5(20,21)6(22,23)7(24,25)8(26,27)9(28,29)10(30,31)11(32,33)34/h1H. The first-order valence-electron chi connectivity index (χ1n) is 6.94. The Bertz CT molecular complexity index is 737. The Balaban J connectivity index is 7.08. The second kappa shape index (κ2) is 12.2. The van der Waals surface area contributed by atoms with E-state index in [1.165, 1.54) is 0 Å². The number of alkyl halides is 23. The molecule has 0 unspecified atom stereocenters. The molecule has 0 N–H and O–H groups in total. The normalized spacial score (nSPS) is 16.9. The predicted octanol–water partition coefficient (Wildman–Crippen LogP) is 13.7. The molecule has 0 radical (unpaired) electrons. The lowest BCUT2D eigenvalue weighted by Gasteiger charge is -2.56. The molecule has 0 aliphatic rings. The van der Waals surface area contributed by atoms with Crippen LogP contribution in [0.4, 0.5) is 0 Å². The molecule has 0 aromatic rings. The van der Waals surface area contributed by atoms with Gasteiger partial charge in [-0.25, -0.2) is 0 Å². The lowest BCUT2D eigenvalue weighted by molar-refractivity contribution is 0.430. The van der Waals surface area contributed by atoms with E-state index in [9.17, 15) is 0 Å². The second-order valence-electron chi connectivity index (χ2n) is 6.02. The summed E-state index contributed by atoms with van der Waals surface area (Å²) >= 11 is 140. The van der Waals surface area contributed by atoms with Crippen molar-refractivity contribution in [2.75, 3.05) is 0 Å². The number of halogens is 23. The van der Waals surface area contributed by atoms with Crippen molar-refractivity contribution in [1.82, 2.24) is 0 Å². The third-order valence-electron chi connectivity index (χ3n) is 3.81. The number of hydrogen-bond acceptors (Lipinski definition) is 0. The average molecular weight is 949 g/mol. The van der Waals surface area contributed by atoms with Crippen LogP contribution in [0, 0.1) is 0 Å². The van der Waals surface area contributed by atoms with Crippen LogP contribution < -0.4 is 0 Å². The molecule has 0 rings (SSSR count). The maximum atomic E-state index is 6.32. The van der Waals surface area contributed by atoms with Crippen molar-refractivity contribution < 1.29 is 0 Å². The Morgan fingerprint density at radius 1 is 0.265 bits per heavy atom. The van der Waals surface area contributed by atoms with Gasteiger partial charge in [0.05, 0.1) is 0 Å². The molecular formula is C11HCl23. The van der Waals surface area contributed by atoms with Gasteiger partial charge in [-0.15, -0.1) is 23.2 Å². The van der Waals surface area contributed by atoms with Crippen molar-refractivity contribution in [1.29, 1.82) is 0 Å². The minimum atomic E-state index is -3.24. The van der Waals surface area contributed by atoms with Crippen LogP contribution in [0.5, 0.6) is 0 Å². The van der Waals surface area contributed by atoms with Crippen LogP contribution in [-0.2, 0) is 0 Å². The predicted molar refractivity (Wildman–Crippen MR) is 166 cm³/mol. The fourth-order valence-electron chi connectivity index (χ4n) is 1.71. The van der Waals surface area contributed by atoms with Gasteiger partial charge in [0.15, 0.2) is 34.7 Å². The fourth-order valence-corrected chi connectivity index (χ4v) is 8.81. The van der Waals surface area contributed by atoms with E-state index in [4.69, 9.17) is 267 Å². The summed E-state index contributed by atoms with van der Waals surface area (Å²) in [5, 5.41) is 0. The topological polar surface area (TPSA) is 0 Å². The first-order valence-corrected chi connectivity index (χ1v) is 15.8. The van der Waals surface area contributed by atoms with Crippen LogP contribution in [0.15, 0.2) is 0 Å². The summed E-state index contributed by atoms with van der Waals surface area (Å²) in [5.41, 5.74) is 0. The maximum Gasteiger partial charge on any atom is 0.226 e. The van der Waals surface area contributed by atoms with E-state index in [0.717, 1.165) is 0 Å². The van der Waals surface area contributed by atoms with Crippen LogP contribution in [0.25, 0.3) is 0 Å². The van der Waals surface area contributed by atoms with Crippen LogP contribution in [-0.4, -0.2) is 47.6 Å². The largest absolute Gasteiger partial charge is 0.226 e.